The van der Waals surface area contributed by atoms with Crippen LogP contribution in [0.5, 0.6) is 0 Å². The van der Waals surface area contributed by atoms with Crippen LogP contribution in [0.3, 0.4) is 0 Å². The summed E-state index contributed by atoms with van der Waals surface area (Å²) >= 11 is 5.96. The summed E-state index contributed by atoms with van der Waals surface area (Å²) in [5.41, 5.74) is 2.11. The van der Waals surface area contributed by atoms with Crippen molar-refractivity contribution in [2.45, 2.75) is 19.8 Å². The van der Waals surface area contributed by atoms with Crippen LogP contribution in [-0.2, 0) is 0 Å². The molecule has 1 aromatic rings. The number of nitrogens with one attached hydrogen (secondary N) is 1. The Labute approximate surface area is 89.5 Å². The van der Waals surface area contributed by atoms with Crippen LogP contribution in [0.2, 0.25) is 5.02 Å². The summed E-state index contributed by atoms with van der Waals surface area (Å²) in [5.74, 6) is 0. The normalized spacial score (nSPS) is 9.50. The number of benzene rings is 1. The highest BCUT2D eigenvalue weighted by atomic mass is 35.5. The fourth-order valence-corrected chi connectivity index (χ4v) is 1.36. The van der Waals surface area contributed by atoms with Crippen molar-refractivity contribution in [3.8, 4) is 6.07 Å². The Balaban J connectivity index is 2.51. The molecule has 3 heteroatoms. The molecule has 0 saturated heterocycles. The van der Waals surface area contributed by atoms with Crippen molar-refractivity contribution >= 4 is 17.3 Å². The molecule has 0 aliphatic carbocycles. The fourth-order valence-electron chi connectivity index (χ4n) is 1.19. The van der Waals surface area contributed by atoms with Gasteiger partial charge in [-0.15, -0.1) is 0 Å². The van der Waals surface area contributed by atoms with E-state index < -0.39 is 0 Å². The van der Waals surface area contributed by atoms with E-state index in [-0.39, 0.29) is 0 Å². The van der Waals surface area contributed by atoms with Crippen molar-refractivity contribution in [2.24, 2.45) is 0 Å². The molecule has 0 saturated carbocycles. The topological polar surface area (TPSA) is 35.8 Å². The zero-order valence-electron chi connectivity index (χ0n) is 8.18. The number of halogens is 1. The van der Waals surface area contributed by atoms with Gasteiger partial charge in [0, 0.05) is 23.7 Å². The van der Waals surface area contributed by atoms with Crippen molar-refractivity contribution in [1.82, 2.24) is 0 Å². The number of hydrogen-bond donors (Lipinski definition) is 1. The van der Waals surface area contributed by atoms with E-state index in [1.165, 1.54) is 0 Å². The zero-order chi connectivity index (χ0) is 10.4. The third kappa shape index (κ3) is 2.93. The minimum Gasteiger partial charge on any atom is -0.385 e. The Morgan fingerprint density at radius 2 is 2.29 bits per heavy atom. The molecule has 0 amide bonds. The van der Waals surface area contributed by atoms with Crippen LogP contribution in [0, 0.1) is 18.3 Å². The minimum absolute atomic E-state index is 0.590. The third-order valence-electron chi connectivity index (χ3n) is 2.05. The zero-order valence-corrected chi connectivity index (χ0v) is 8.93. The van der Waals surface area contributed by atoms with Crippen molar-refractivity contribution in [2.75, 3.05) is 11.9 Å². The summed E-state index contributed by atoms with van der Waals surface area (Å²) in [6.45, 7) is 2.80. The fraction of sp³-hybridized carbons (Fsp3) is 0.364. The molecule has 1 N–H and O–H groups in total. The molecule has 2 nitrogen and oxygen atoms in total. The van der Waals surface area contributed by atoms with Crippen LogP contribution >= 0.6 is 11.6 Å². The van der Waals surface area contributed by atoms with Gasteiger partial charge in [0.15, 0.2) is 0 Å². The van der Waals surface area contributed by atoms with E-state index in [9.17, 15) is 0 Å². The Morgan fingerprint density at radius 3 is 3.00 bits per heavy atom. The quantitative estimate of drug-likeness (QED) is 0.771. The standard InChI is InChI=1S/C11H13ClN2/c1-9-10(12)5-4-6-11(9)14-8-3-2-7-13/h4-6,14H,2-3,8H2,1H3. The lowest BCUT2D eigenvalue weighted by Gasteiger charge is -2.09. The van der Waals surface area contributed by atoms with Gasteiger partial charge in [0.25, 0.3) is 0 Å². The first-order chi connectivity index (χ1) is 6.75. The smallest absolute Gasteiger partial charge is 0.0622 e. The number of nitriles is 1. The Morgan fingerprint density at radius 1 is 1.50 bits per heavy atom. The number of unbranched alkanes of at least 4 members (excludes halogenated alkanes) is 1. The molecule has 0 aromatic heterocycles. The lowest BCUT2D eigenvalue weighted by atomic mass is 10.2. The van der Waals surface area contributed by atoms with E-state index in [1.807, 2.05) is 25.1 Å². The molecule has 1 aromatic carbocycles. The molecule has 0 atom stereocenters. The average molecular weight is 209 g/mol. The molecule has 0 spiro atoms. The van der Waals surface area contributed by atoms with Gasteiger partial charge in [-0.2, -0.15) is 5.26 Å². The van der Waals surface area contributed by atoms with Crippen LogP contribution in [0.15, 0.2) is 18.2 Å². The first-order valence-electron chi connectivity index (χ1n) is 4.61. The van der Waals surface area contributed by atoms with Crippen molar-refractivity contribution < 1.29 is 0 Å². The maximum atomic E-state index is 8.36. The molecule has 0 bridgehead atoms. The van der Waals surface area contributed by atoms with E-state index >= 15 is 0 Å². The predicted molar refractivity (Wildman–Crippen MR) is 59.5 cm³/mol. The molecule has 0 fully saturated rings. The molecule has 0 radical (unpaired) electrons. The first-order valence-corrected chi connectivity index (χ1v) is 4.99. The summed E-state index contributed by atoms with van der Waals surface area (Å²) in [6, 6.07) is 7.90. The second-order valence-corrected chi connectivity index (χ2v) is 3.51. The monoisotopic (exact) mass is 208 g/mol. The number of nitrogens with zero attached hydrogens (tertiary/aromatic N) is 1. The molecule has 14 heavy (non-hydrogen) atoms. The van der Waals surface area contributed by atoms with Gasteiger partial charge in [-0.1, -0.05) is 17.7 Å². The molecule has 0 aliphatic heterocycles. The predicted octanol–water partition coefficient (Wildman–Crippen LogP) is 3.36. The Hall–Kier alpha value is -1.20. The minimum atomic E-state index is 0.590. The maximum absolute atomic E-state index is 8.36. The molecule has 0 unspecified atom stereocenters. The average Bonchev–Trinajstić information content (AvgIpc) is 2.19. The van der Waals surface area contributed by atoms with Crippen molar-refractivity contribution in [1.29, 1.82) is 5.26 Å². The van der Waals surface area contributed by atoms with Crippen LogP contribution in [0.4, 0.5) is 5.69 Å². The third-order valence-corrected chi connectivity index (χ3v) is 2.46. The molecule has 0 heterocycles. The summed E-state index contributed by atoms with van der Waals surface area (Å²) in [5, 5.41) is 12.4. The van der Waals surface area contributed by atoms with Gasteiger partial charge in [-0.25, -0.2) is 0 Å². The Kier molecular flexibility index (Phi) is 4.28. The molecule has 0 aliphatic rings. The van der Waals surface area contributed by atoms with Gasteiger partial charge in [0.1, 0.15) is 0 Å². The highest BCUT2D eigenvalue weighted by Crippen LogP contribution is 2.22. The number of anilines is 1. The van der Waals surface area contributed by atoms with Crippen LogP contribution in [0.25, 0.3) is 0 Å². The lowest BCUT2D eigenvalue weighted by Crippen LogP contribution is -2.02. The number of rotatable bonds is 4. The van der Waals surface area contributed by atoms with Gasteiger partial charge in [-0.05, 0) is 31.0 Å². The maximum Gasteiger partial charge on any atom is 0.0622 e. The van der Waals surface area contributed by atoms with E-state index in [0.717, 1.165) is 29.2 Å². The van der Waals surface area contributed by atoms with E-state index in [4.69, 9.17) is 16.9 Å². The molecule has 1 rings (SSSR count). The van der Waals surface area contributed by atoms with E-state index in [1.54, 1.807) is 0 Å². The van der Waals surface area contributed by atoms with Gasteiger partial charge in [-0.3, -0.25) is 0 Å². The second-order valence-electron chi connectivity index (χ2n) is 3.10. The Bertz CT molecular complexity index is 342. The summed E-state index contributed by atoms with van der Waals surface area (Å²) in [6.07, 6.45) is 1.45. The van der Waals surface area contributed by atoms with Gasteiger partial charge in [0.2, 0.25) is 0 Å². The highest BCUT2D eigenvalue weighted by Gasteiger charge is 2.00. The first kappa shape index (κ1) is 10.9. The SMILES string of the molecule is Cc1c(Cl)cccc1NCCCC#N. The van der Waals surface area contributed by atoms with E-state index in [0.29, 0.717) is 6.42 Å². The van der Waals surface area contributed by atoms with Gasteiger partial charge >= 0.3 is 0 Å². The van der Waals surface area contributed by atoms with Crippen LogP contribution < -0.4 is 5.32 Å². The van der Waals surface area contributed by atoms with Crippen molar-refractivity contribution in [3.63, 3.8) is 0 Å². The lowest BCUT2D eigenvalue weighted by molar-refractivity contribution is 0.896. The largest absolute Gasteiger partial charge is 0.385 e. The number of hydrogen-bond acceptors (Lipinski definition) is 2. The van der Waals surface area contributed by atoms with Crippen LogP contribution in [-0.4, -0.2) is 6.54 Å². The van der Waals surface area contributed by atoms with Gasteiger partial charge < -0.3 is 5.32 Å². The van der Waals surface area contributed by atoms with Crippen molar-refractivity contribution in [3.05, 3.63) is 28.8 Å². The van der Waals surface area contributed by atoms with Gasteiger partial charge in [0.05, 0.1) is 6.07 Å². The molecular weight excluding hydrogens is 196 g/mol. The van der Waals surface area contributed by atoms with Crippen LogP contribution in [0.1, 0.15) is 18.4 Å². The van der Waals surface area contributed by atoms with E-state index in [2.05, 4.69) is 11.4 Å². The summed E-state index contributed by atoms with van der Waals surface area (Å²) in [4.78, 5) is 0. The summed E-state index contributed by atoms with van der Waals surface area (Å²) in [7, 11) is 0. The molecule has 74 valence electrons. The molecular formula is C11H13ClN2. The summed E-state index contributed by atoms with van der Waals surface area (Å²) < 4.78 is 0. The second kappa shape index (κ2) is 5.51. The highest BCUT2D eigenvalue weighted by molar-refractivity contribution is 6.31.